The first-order chi connectivity index (χ1) is 7.60. The molecule has 0 radical (unpaired) electrons. The summed E-state index contributed by atoms with van der Waals surface area (Å²) in [4.78, 5) is 0. The lowest BCUT2D eigenvalue weighted by molar-refractivity contribution is 0.415. The molecule has 0 atom stereocenters. The predicted molar refractivity (Wildman–Crippen MR) is 74.3 cm³/mol. The van der Waals surface area contributed by atoms with Crippen LogP contribution in [-0.2, 0) is 0 Å². The SMILES string of the molecule is C=C(C)/C(CS)=C(\C)c1ccc(OC)cc1. The highest BCUT2D eigenvalue weighted by Crippen LogP contribution is 2.25. The monoisotopic (exact) mass is 234 g/mol. The van der Waals surface area contributed by atoms with Gasteiger partial charge in [0, 0.05) is 5.75 Å². The Morgan fingerprint density at radius 1 is 1.25 bits per heavy atom. The molecule has 86 valence electrons. The van der Waals surface area contributed by atoms with E-state index in [1.165, 1.54) is 16.7 Å². The smallest absolute Gasteiger partial charge is 0.118 e. The van der Waals surface area contributed by atoms with Crippen LogP contribution in [0, 0.1) is 0 Å². The standard InChI is InChI=1S/C14H18OS/c1-10(2)14(9-16)11(3)12-5-7-13(15-4)8-6-12/h5-8,16H,1,9H2,2-4H3/b14-11+. The average Bonchev–Trinajstić information content (AvgIpc) is 2.29. The van der Waals surface area contributed by atoms with Gasteiger partial charge in [0.15, 0.2) is 0 Å². The second-order valence-corrected chi connectivity index (χ2v) is 4.09. The van der Waals surface area contributed by atoms with Crippen LogP contribution in [0.5, 0.6) is 5.75 Å². The lowest BCUT2D eigenvalue weighted by atomic mass is 9.98. The molecule has 0 saturated carbocycles. The Hall–Kier alpha value is -1.15. The summed E-state index contributed by atoms with van der Waals surface area (Å²) in [6.07, 6.45) is 0. The summed E-state index contributed by atoms with van der Waals surface area (Å²) in [6.45, 7) is 8.09. The molecule has 0 spiro atoms. The molecule has 0 heterocycles. The molecule has 1 aromatic carbocycles. The zero-order chi connectivity index (χ0) is 12.1. The van der Waals surface area contributed by atoms with Crippen molar-refractivity contribution in [1.29, 1.82) is 0 Å². The van der Waals surface area contributed by atoms with E-state index in [4.69, 9.17) is 4.74 Å². The molecule has 0 saturated heterocycles. The molecule has 0 unspecified atom stereocenters. The summed E-state index contributed by atoms with van der Waals surface area (Å²) in [5.41, 5.74) is 4.69. The summed E-state index contributed by atoms with van der Waals surface area (Å²) in [7, 11) is 1.67. The number of rotatable bonds is 4. The highest BCUT2D eigenvalue weighted by Gasteiger charge is 2.04. The molecule has 1 rings (SSSR count). The highest BCUT2D eigenvalue weighted by atomic mass is 32.1. The molecule has 0 bridgehead atoms. The normalized spacial score (nSPS) is 12.0. The third-order valence-electron chi connectivity index (χ3n) is 2.65. The summed E-state index contributed by atoms with van der Waals surface area (Å²) in [5.74, 6) is 1.59. The Labute approximate surface area is 103 Å². The number of hydrogen-bond donors (Lipinski definition) is 1. The highest BCUT2D eigenvalue weighted by molar-refractivity contribution is 7.80. The third kappa shape index (κ3) is 2.92. The third-order valence-corrected chi connectivity index (χ3v) is 2.97. The Balaban J connectivity index is 3.11. The maximum atomic E-state index is 5.13. The van der Waals surface area contributed by atoms with E-state index < -0.39 is 0 Å². The minimum Gasteiger partial charge on any atom is -0.497 e. The van der Waals surface area contributed by atoms with Crippen LogP contribution in [0.2, 0.25) is 0 Å². The summed E-state index contributed by atoms with van der Waals surface area (Å²) in [6, 6.07) is 8.04. The molecular weight excluding hydrogens is 216 g/mol. The maximum Gasteiger partial charge on any atom is 0.118 e. The van der Waals surface area contributed by atoms with Crippen LogP contribution in [-0.4, -0.2) is 12.9 Å². The van der Waals surface area contributed by atoms with E-state index in [1.54, 1.807) is 7.11 Å². The Kier molecular flexibility index (Phi) is 4.69. The van der Waals surface area contributed by atoms with E-state index in [9.17, 15) is 0 Å². The fourth-order valence-electron chi connectivity index (χ4n) is 1.59. The van der Waals surface area contributed by atoms with E-state index in [2.05, 4.69) is 38.3 Å². The molecule has 0 N–H and O–H groups in total. The number of allylic oxidation sites excluding steroid dienone is 2. The van der Waals surface area contributed by atoms with Gasteiger partial charge in [-0.15, -0.1) is 0 Å². The molecule has 0 aliphatic carbocycles. The van der Waals surface area contributed by atoms with Crippen molar-refractivity contribution in [2.24, 2.45) is 0 Å². The topological polar surface area (TPSA) is 9.23 Å². The van der Waals surface area contributed by atoms with Gasteiger partial charge in [0.05, 0.1) is 7.11 Å². The fraction of sp³-hybridized carbons (Fsp3) is 0.286. The first kappa shape index (κ1) is 12.9. The molecule has 0 fully saturated rings. The van der Waals surface area contributed by atoms with Crippen LogP contribution < -0.4 is 4.74 Å². The van der Waals surface area contributed by atoms with Crippen molar-refractivity contribution in [3.8, 4) is 5.75 Å². The molecule has 16 heavy (non-hydrogen) atoms. The lowest BCUT2D eigenvalue weighted by Gasteiger charge is -2.10. The molecular formula is C14H18OS. The molecule has 1 nitrogen and oxygen atoms in total. The second kappa shape index (κ2) is 5.80. The van der Waals surface area contributed by atoms with E-state index in [1.807, 2.05) is 19.1 Å². The summed E-state index contributed by atoms with van der Waals surface area (Å²) < 4.78 is 5.13. The predicted octanol–water partition coefficient (Wildman–Crippen LogP) is 3.97. The summed E-state index contributed by atoms with van der Waals surface area (Å²) in [5, 5.41) is 0. The van der Waals surface area contributed by atoms with E-state index >= 15 is 0 Å². The number of methoxy groups -OCH3 is 1. The zero-order valence-electron chi connectivity index (χ0n) is 10.1. The van der Waals surface area contributed by atoms with Gasteiger partial charge < -0.3 is 4.74 Å². The largest absolute Gasteiger partial charge is 0.497 e. The van der Waals surface area contributed by atoms with Gasteiger partial charge in [-0.25, -0.2) is 0 Å². The van der Waals surface area contributed by atoms with E-state index in [0.29, 0.717) is 5.75 Å². The van der Waals surface area contributed by atoms with E-state index in [-0.39, 0.29) is 0 Å². The van der Waals surface area contributed by atoms with Crippen LogP contribution in [0.25, 0.3) is 5.57 Å². The van der Waals surface area contributed by atoms with Crippen molar-refractivity contribution >= 4 is 18.2 Å². The maximum absolute atomic E-state index is 5.13. The van der Waals surface area contributed by atoms with Crippen LogP contribution >= 0.6 is 12.6 Å². The lowest BCUT2D eigenvalue weighted by Crippen LogP contribution is -1.92. The molecule has 0 aliphatic heterocycles. The van der Waals surface area contributed by atoms with Crippen LogP contribution in [0.15, 0.2) is 42.0 Å². The van der Waals surface area contributed by atoms with Gasteiger partial charge in [0.2, 0.25) is 0 Å². The molecule has 0 aliphatic rings. The van der Waals surface area contributed by atoms with Gasteiger partial charge in [-0.05, 0) is 42.7 Å². The first-order valence-electron chi connectivity index (χ1n) is 5.21. The average molecular weight is 234 g/mol. The number of benzene rings is 1. The van der Waals surface area contributed by atoms with Crippen molar-refractivity contribution in [2.45, 2.75) is 13.8 Å². The van der Waals surface area contributed by atoms with E-state index in [0.717, 1.165) is 11.3 Å². The van der Waals surface area contributed by atoms with Crippen LogP contribution in [0.3, 0.4) is 0 Å². The number of thiol groups is 1. The Morgan fingerprint density at radius 2 is 1.81 bits per heavy atom. The molecule has 1 aromatic rings. The van der Waals surface area contributed by atoms with Gasteiger partial charge in [0.25, 0.3) is 0 Å². The number of hydrogen-bond acceptors (Lipinski definition) is 2. The van der Waals surface area contributed by atoms with Crippen molar-refractivity contribution in [3.05, 3.63) is 47.6 Å². The van der Waals surface area contributed by atoms with Gasteiger partial charge in [0.1, 0.15) is 5.75 Å². The van der Waals surface area contributed by atoms with Gasteiger partial charge in [-0.1, -0.05) is 24.3 Å². The number of ether oxygens (including phenoxy) is 1. The minimum absolute atomic E-state index is 0.715. The van der Waals surface area contributed by atoms with Crippen molar-refractivity contribution < 1.29 is 4.74 Å². The molecule has 0 aromatic heterocycles. The summed E-state index contributed by atoms with van der Waals surface area (Å²) >= 11 is 4.34. The van der Waals surface area contributed by atoms with Crippen LogP contribution in [0.4, 0.5) is 0 Å². The van der Waals surface area contributed by atoms with Gasteiger partial charge in [-0.2, -0.15) is 12.6 Å². The fourth-order valence-corrected chi connectivity index (χ4v) is 2.10. The van der Waals surface area contributed by atoms with Crippen molar-refractivity contribution in [2.75, 3.05) is 12.9 Å². The van der Waals surface area contributed by atoms with Crippen molar-refractivity contribution in [3.63, 3.8) is 0 Å². The van der Waals surface area contributed by atoms with Crippen molar-refractivity contribution in [1.82, 2.24) is 0 Å². The molecule has 0 amide bonds. The van der Waals surface area contributed by atoms with Gasteiger partial charge in [-0.3, -0.25) is 0 Å². The minimum atomic E-state index is 0.715. The first-order valence-corrected chi connectivity index (χ1v) is 5.84. The van der Waals surface area contributed by atoms with Gasteiger partial charge >= 0.3 is 0 Å². The Bertz CT molecular complexity index is 401. The molecule has 2 heteroatoms. The Morgan fingerprint density at radius 3 is 2.19 bits per heavy atom. The quantitative estimate of drug-likeness (QED) is 0.612. The second-order valence-electron chi connectivity index (χ2n) is 3.77. The zero-order valence-corrected chi connectivity index (χ0v) is 11.0. The van der Waals surface area contributed by atoms with Crippen LogP contribution in [0.1, 0.15) is 19.4 Å².